The second-order valence-corrected chi connectivity index (χ2v) is 11.6. The van der Waals surface area contributed by atoms with Crippen LogP contribution in [0.1, 0.15) is 58.7 Å². The van der Waals surface area contributed by atoms with Crippen molar-refractivity contribution in [3.63, 3.8) is 0 Å². The molecule has 0 amide bonds. The molecule has 2 atom stereocenters. The van der Waals surface area contributed by atoms with E-state index in [-0.39, 0.29) is 17.9 Å². The molecule has 218 valence electrons. The molecule has 5 heterocycles. The van der Waals surface area contributed by atoms with E-state index in [2.05, 4.69) is 26.6 Å². The van der Waals surface area contributed by atoms with E-state index in [9.17, 15) is 4.79 Å². The summed E-state index contributed by atoms with van der Waals surface area (Å²) in [6.07, 6.45) is 3.01. The van der Waals surface area contributed by atoms with E-state index in [1.165, 1.54) is 12.7 Å². The Bertz CT molecular complexity index is 1590. The number of hydrogen-bond donors (Lipinski definition) is 0. The van der Waals surface area contributed by atoms with Crippen LogP contribution in [0.2, 0.25) is 5.02 Å². The van der Waals surface area contributed by atoms with Crippen molar-refractivity contribution in [1.29, 1.82) is 0 Å². The van der Waals surface area contributed by atoms with Gasteiger partial charge in [0.15, 0.2) is 28.9 Å². The minimum absolute atomic E-state index is 0.140. The molecule has 2 aromatic carbocycles. The van der Waals surface area contributed by atoms with Gasteiger partial charge in [0.2, 0.25) is 0 Å². The number of nitrogens with zero attached hydrogens (tertiary/aromatic N) is 4. The molecule has 0 N–H and O–H groups in total. The van der Waals surface area contributed by atoms with Gasteiger partial charge in [0.25, 0.3) is 0 Å². The summed E-state index contributed by atoms with van der Waals surface area (Å²) in [5, 5.41) is 0.707. The lowest BCUT2D eigenvalue weighted by Crippen LogP contribution is -2.35. The smallest absolute Gasteiger partial charge is 0.356 e. The first-order valence-corrected chi connectivity index (χ1v) is 14.9. The number of esters is 1. The zero-order valence-electron chi connectivity index (χ0n) is 23.5. The molecule has 7 rings (SSSR count). The Kier molecular flexibility index (Phi) is 7.48. The predicted octanol–water partition coefficient (Wildman–Crippen LogP) is 5.55. The van der Waals surface area contributed by atoms with Gasteiger partial charge in [0.05, 0.1) is 26.3 Å². The van der Waals surface area contributed by atoms with Gasteiger partial charge < -0.3 is 23.5 Å². The fraction of sp³-hybridized carbons (Fsp3) is 0.406. The molecule has 0 radical (unpaired) electrons. The molecular weight excluding hydrogens is 556 g/mol. The summed E-state index contributed by atoms with van der Waals surface area (Å²) in [6.45, 7) is 4.50. The van der Waals surface area contributed by atoms with Crippen LogP contribution in [-0.2, 0) is 22.6 Å². The zero-order chi connectivity index (χ0) is 28.6. The summed E-state index contributed by atoms with van der Waals surface area (Å²) >= 11 is 6.07. The number of hydrogen-bond acceptors (Lipinski definition) is 8. The van der Waals surface area contributed by atoms with Gasteiger partial charge in [0, 0.05) is 17.2 Å². The molecule has 0 saturated carbocycles. The van der Waals surface area contributed by atoms with Gasteiger partial charge >= 0.3 is 5.97 Å². The molecule has 4 aromatic rings. The first-order valence-electron chi connectivity index (χ1n) is 14.5. The SMILES string of the molecule is COC(=O)c1ccc2nc(CN3CCC(c4cccc5c4OCC(c4ccc(Cl)cc4)O5)CC3)n(CC3CCO3)c2n1. The molecule has 42 heavy (non-hydrogen) atoms. The van der Waals surface area contributed by atoms with Crippen LogP contribution < -0.4 is 9.47 Å². The maximum atomic E-state index is 12.1. The fourth-order valence-corrected chi connectivity index (χ4v) is 6.23. The molecule has 2 fully saturated rings. The summed E-state index contributed by atoms with van der Waals surface area (Å²) < 4.78 is 25.4. The lowest BCUT2D eigenvalue weighted by atomic mass is 9.88. The number of pyridine rings is 1. The number of aromatic nitrogens is 3. The number of fused-ring (bicyclic) bond motifs is 2. The number of ether oxygens (including phenoxy) is 4. The van der Waals surface area contributed by atoms with Gasteiger partial charge in [-0.25, -0.2) is 14.8 Å². The Morgan fingerprint density at radius 2 is 1.86 bits per heavy atom. The largest absolute Gasteiger partial charge is 0.485 e. The molecule has 10 heteroatoms. The lowest BCUT2D eigenvalue weighted by Gasteiger charge is -2.35. The first-order chi connectivity index (χ1) is 20.6. The van der Waals surface area contributed by atoms with Crippen LogP contribution in [0, 0.1) is 0 Å². The maximum Gasteiger partial charge on any atom is 0.356 e. The third-order valence-corrected chi connectivity index (χ3v) is 8.79. The van der Waals surface area contributed by atoms with Crippen molar-refractivity contribution in [2.45, 2.75) is 50.5 Å². The summed E-state index contributed by atoms with van der Waals surface area (Å²) in [5.74, 6) is 2.54. The highest BCUT2D eigenvalue weighted by atomic mass is 35.5. The third-order valence-electron chi connectivity index (χ3n) is 8.54. The molecule has 2 unspecified atom stereocenters. The predicted molar refractivity (Wildman–Crippen MR) is 157 cm³/mol. The van der Waals surface area contributed by atoms with Gasteiger partial charge in [0.1, 0.15) is 17.9 Å². The fourth-order valence-electron chi connectivity index (χ4n) is 6.10. The van der Waals surface area contributed by atoms with E-state index >= 15 is 0 Å². The van der Waals surface area contributed by atoms with Crippen LogP contribution in [-0.4, -0.2) is 64.9 Å². The molecule has 9 nitrogen and oxygen atoms in total. The van der Waals surface area contributed by atoms with Crippen LogP contribution in [0.15, 0.2) is 54.6 Å². The second-order valence-electron chi connectivity index (χ2n) is 11.1. The van der Waals surface area contributed by atoms with Crippen LogP contribution in [0.3, 0.4) is 0 Å². The highest BCUT2D eigenvalue weighted by Crippen LogP contribution is 2.44. The minimum Gasteiger partial charge on any atom is -0.485 e. The number of benzene rings is 2. The summed E-state index contributed by atoms with van der Waals surface area (Å²) in [7, 11) is 1.37. The lowest BCUT2D eigenvalue weighted by molar-refractivity contribution is -0.0593. The van der Waals surface area contributed by atoms with E-state index < -0.39 is 5.97 Å². The number of para-hydroxylation sites is 1. The normalized spacial score (nSPS) is 20.8. The van der Waals surface area contributed by atoms with E-state index in [1.807, 2.05) is 36.4 Å². The molecule has 0 spiro atoms. The summed E-state index contributed by atoms with van der Waals surface area (Å²) in [6, 6.07) is 17.5. The Morgan fingerprint density at radius 1 is 1.05 bits per heavy atom. The van der Waals surface area contributed by atoms with Crippen LogP contribution in [0.25, 0.3) is 11.2 Å². The van der Waals surface area contributed by atoms with Crippen molar-refractivity contribution < 1.29 is 23.7 Å². The van der Waals surface area contributed by atoms with Crippen molar-refractivity contribution in [3.8, 4) is 11.5 Å². The Labute approximate surface area is 249 Å². The van der Waals surface area contributed by atoms with Crippen molar-refractivity contribution in [1.82, 2.24) is 19.4 Å². The highest BCUT2D eigenvalue weighted by molar-refractivity contribution is 6.30. The second kappa shape index (κ2) is 11.6. The van der Waals surface area contributed by atoms with Gasteiger partial charge in [-0.15, -0.1) is 0 Å². The summed E-state index contributed by atoms with van der Waals surface area (Å²) in [4.78, 5) is 24.1. The number of halogens is 1. The molecule has 2 saturated heterocycles. The average Bonchev–Trinajstić information content (AvgIpc) is 3.34. The summed E-state index contributed by atoms with van der Waals surface area (Å²) in [5.41, 5.74) is 4.02. The number of imidazole rings is 1. The number of rotatable bonds is 7. The van der Waals surface area contributed by atoms with Crippen LogP contribution in [0.5, 0.6) is 11.5 Å². The number of methoxy groups -OCH3 is 1. The van der Waals surface area contributed by atoms with E-state index in [0.29, 0.717) is 36.3 Å². The molecule has 0 bridgehead atoms. The van der Waals surface area contributed by atoms with Gasteiger partial charge in [-0.1, -0.05) is 35.9 Å². The van der Waals surface area contributed by atoms with Crippen molar-refractivity contribution in [2.75, 3.05) is 33.4 Å². The minimum atomic E-state index is -0.453. The van der Waals surface area contributed by atoms with Crippen LogP contribution in [0.4, 0.5) is 0 Å². The average molecular weight is 589 g/mol. The van der Waals surface area contributed by atoms with E-state index in [0.717, 1.165) is 67.4 Å². The quantitative estimate of drug-likeness (QED) is 0.260. The van der Waals surface area contributed by atoms with Gasteiger partial charge in [-0.05, 0) is 74.2 Å². The molecular formula is C32H33ClN4O5. The van der Waals surface area contributed by atoms with Crippen LogP contribution >= 0.6 is 11.6 Å². The number of piperidine rings is 1. The first kappa shape index (κ1) is 27.2. The van der Waals surface area contributed by atoms with Crippen molar-refractivity contribution in [3.05, 3.63) is 82.3 Å². The third kappa shape index (κ3) is 5.32. The molecule has 3 aliphatic heterocycles. The van der Waals surface area contributed by atoms with Gasteiger partial charge in [-0.2, -0.15) is 0 Å². The monoisotopic (exact) mass is 588 g/mol. The molecule has 3 aliphatic rings. The Balaban J connectivity index is 1.05. The topological polar surface area (TPSA) is 87.9 Å². The maximum absolute atomic E-state index is 12.1. The van der Waals surface area contributed by atoms with E-state index in [1.54, 1.807) is 6.07 Å². The van der Waals surface area contributed by atoms with E-state index in [4.69, 9.17) is 35.5 Å². The zero-order valence-corrected chi connectivity index (χ0v) is 24.3. The number of likely N-dealkylation sites (tertiary alicyclic amines) is 1. The standard InChI is InChI=1S/C32H33ClN4O5/c1-39-32(38)26-10-9-25-31(35-26)37(17-23-13-16-40-23)29(34-25)18-36-14-11-20(12-15-36)24-3-2-4-27-30(24)41-19-28(42-27)21-5-7-22(33)8-6-21/h2-10,20,23,28H,11-19H2,1H3. The van der Waals surface area contributed by atoms with Gasteiger partial charge in [-0.3, -0.25) is 4.90 Å². The number of carbonyl (C=O) groups excluding carboxylic acids is 1. The molecule has 2 aromatic heterocycles. The highest BCUT2D eigenvalue weighted by Gasteiger charge is 2.30. The molecule has 0 aliphatic carbocycles. The van der Waals surface area contributed by atoms with Crippen molar-refractivity contribution >= 4 is 28.7 Å². The Morgan fingerprint density at radius 3 is 2.60 bits per heavy atom. The Hall–Kier alpha value is -3.66. The number of carbonyl (C=O) groups is 1. The van der Waals surface area contributed by atoms with Crippen molar-refractivity contribution in [2.24, 2.45) is 0 Å².